The van der Waals surface area contributed by atoms with Crippen LogP contribution in [0.3, 0.4) is 0 Å². The minimum absolute atomic E-state index is 0.157. The lowest BCUT2D eigenvalue weighted by molar-refractivity contribution is 0.310. The molecule has 0 unspecified atom stereocenters. The standard InChI is InChI=1S/C16H20ClN3O2/c1-2-3-9-21-14-7-6-11(17)10-12(14)15-19-16(22-20-15)13-5-4-8-18-13/h6-7,10,13,18H,2-5,8-9H2,1H3/t13-/m1/s1. The van der Waals surface area contributed by atoms with Gasteiger partial charge in [-0.3, -0.25) is 0 Å². The molecule has 3 rings (SSSR count). The highest BCUT2D eigenvalue weighted by Gasteiger charge is 2.23. The zero-order chi connectivity index (χ0) is 15.4. The third-order valence-electron chi connectivity index (χ3n) is 3.74. The van der Waals surface area contributed by atoms with Gasteiger partial charge in [-0.1, -0.05) is 30.1 Å². The number of nitrogens with one attached hydrogen (secondary N) is 1. The van der Waals surface area contributed by atoms with Gasteiger partial charge < -0.3 is 14.6 Å². The van der Waals surface area contributed by atoms with Crippen molar-refractivity contribution < 1.29 is 9.26 Å². The van der Waals surface area contributed by atoms with E-state index in [1.54, 1.807) is 0 Å². The van der Waals surface area contributed by atoms with E-state index in [2.05, 4.69) is 22.4 Å². The summed E-state index contributed by atoms with van der Waals surface area (Å²) in [6.07, 6.45) is 4.25. The van der Waals surface area contributed by atoms with Gasteiger partial charge in [-0.2, -0.15) is 4.98 Å². The molecular formula is C16H20ClN3O2. The van der Waals surface area contributed by atoms with E-state index in [-0.39, 0.29) is 6.04 Å². The summed E-state index contributed by atoms with van der Waals surface area (Å²) >= 11 is 6.11. The second kappa shape index (κ2) is 7.11. The second-order valence-electron chi connectivity index (χ2n) is 5.45. The van der Waals surface area contributed by atoms with Crippen molar-refractivity contribution in [2.24, 2.45) is 0 Å². The Hall–Kier alpha value is -1.59. The van der Waals surface area contributed by atoms with Crippen LogP contribution < -0.4 is 10.1 Å². The van der Waals surface area contributed by atoms with Crippen molar-refractivity contribution >= 4 is 11.6 Å². The maximum absolute atomic E-state index is 6.11. The van der Waals surface area contributed by atoms with E-state index in [0.717, 1.165) is 43.5 Å². The monoisotopic (exact) mass is 321 g/mol. The SMILES string of the molecule is CCCCOc1ccc(Cl)cc1-c1noc([C@H]2CCCN2)n1. The number of halogens is 1. The van der Waals surface area contributed by atoms with Crippen molar-refractivity contribution in [1.29, 1.82) is 0 Å². The molecule has 0 spiro atoms. The maximum Gasteiger partial charge on any atom is 0.244 e. The predicted octanol–water partition coefficient (Wildman–Crippen LogP) is 3.99. The van der Waals surface area contributed by atoms with Crippen molar-refractivity contribution in [2.45, 2.75) is 38.6 Å². The highest BCUT2D eigenvalue weighted by atomic mass is 35.5. The Morgan fingerprint density at radius 3 is 3.14 bits per heavy atom. The Bertz CT molecular complexity index is 624. The van der Waals surface area contributed by atoms with E-state index >= 15 is 0 Å². The van der Waals surface area contributed by atoms with E-state index in [1.165, 1.54) is 0 Å². The number of aromatic nitrogens is 2. The second-order valence-corrected chi connectivity index (χ2v) is 5.88. The number of rotatable bonds is 6. The molecular weight excluding hydrogens is 302 g/mol. The smallest absolute Gasteiger partial charge is 0.244 e. The Kier molecular flexibility index (Phi) is 4.95. The van der Waals surface area contributed by atoms with E-state index in [0.29, 0.717) is 23.3 Å². The molecule has 6 heteroatoms. The molecule has 5 nitrogen and oxygen atoms in total. The van der Waals surface area contributed by atoms with E-state index in [1.807, 2.05) is 18.2 Å². The van der Waals surface area contributed by atoms with Gasteiger partial charge in [0.25, 0.3) is 0 Å². The molecule has 1 saturated heterocycles. The van der Waals surface area contributed by atoms with E-state index < -0.39 is 0 Å². The van der Waals surface area contributed by atoms with Crippen LogP contribution in [0.4, 0.5) is 0 Å². The Morgan fingerprint density at radius 1 is 1.45 bits per heavy atom. The van der Waals surface area contributed by atoms with Crippen LogP contribution in [-0.4, -0.2) is 23.3 Å². The number of hydrogen-bond acceptors (Lipinski definition) is 5. The minimum atomic E-state index is 0.157. The van der Waals surface area contributed by atoms with Crippen LogP contribution in [0.15, 0.2) is 22.7 Å². The predicted molar refractivity (Wildman–Crippen MR) is 85.1 cm³/mol. The molecule has 0 amide bonds. The summed E-state index contributed by atoms with van der Waals surface area (Å²) in [4.78, 5) is 4.51. The van der Waals surface area contributed by atoms with Crippen molar-refractivity contribution in [3.63, 3.8) is 0 Å². The van der Waals surface area contributed by atoms with Crippen LogP contribution in [0.25, 0.3) is 11.4 Å². The third kappa shape index (κ3) is 3.42. The number of unbranched alkanes of at least 4 members (excludes halogenated alkanes) is 1. The first-order valence-electron chi connectivity index (χ1n) is 7.77. The normalized spacial score (nSPS) is 17.8. The Balaban J connectivity index is 1.84. The zero-order valence-electron chi connectivity index (χ0n) is 12.6. The van der Waals surface area contributed by atoms with Crippen molar-refractivity contribution in [1.82, 2.24) is 15.5 Å². The van der Waals surface area contributed by atoms with Crippen LogP contribution in [0.5, 0.6) is 5.75 Å². The van der Waals surface area contributed by atoms with E-state index in [9.17, 15) is 0 Å². The fourth-order valence-electron chi connectivity index (χ4n) is 2.51. The summed E-state index contributed by atoms with van der Waals surface area (Å²) in [5.74, 6) is 1.90. The third-order valence-corrected chi connectivity index (χ3v) is 3.97. The molecule has 1 atom stereocenters. The molecule has 2 aromatic rings. The molecule has 118 valence electrons. The first kappa shape index (κ1) is 15.3. The van der Waals surface area contributed by atoms with Crippen molar-refractivity contribution in [3.05, 3.63) is 29.1 Å². The lowest BCUT2D eigenvalue weighted by atomic mass is 10.2. The molecule has 22 heavy (non-hydrogen) atoms. The highest BCUT2D eigenvalue weighted by molar-refractivity contribution is 6.30. The van der Waals surface area contributed by atoms with Gasteiger partial charge in [-0.05, 0) is 44.0 Å². The molecule has 1 aromatic carbocycles. The number of ether oxygens (including phenoxy) is 1. The summed E-state index contributed by atoms with van der Waals surface area (Å²) in [5.41, 5.74) is 0.775. The van der Waals surface area contributed by atoms with Crippen LogP contribution in [0.2, 0.25) is 5.02 Å². The fraction of sp³-hybridized carbons (Fsp3) is 0.500. The largest absolute Gasteiger partial charge is 0.493 e. The first-order valence-corrected chi connectivity index (χ1v) is 8.15. The van der Waals surface area contributed by atoms with Crippen molar-refractivity contribution in [3.8, 4) is 17.1 Å². The lowest BCUT2D eigenvalue weighted by Crippen LogP contribution is -2.12. The summed E-state index contributed by atoms with van der Waals surface area (Å²) < 4.78 is 11.2. The van der Waals surface area contributed by atoms with E-state index in [4.69, 9.17) is 20.9 Å². The average molecular weight is 322 g/mol. The van der Waals surface area contributed by atoms with Gasteiger partial charge in [-0.15, -0.1) is 0 Å². The molecule has 2 heterocycles. The van der Waals surface area contributed by atoms with Gasteiger partial charge in [0, 0.05) is 5.02 Å². The summed E-state index contributed by atoms with van der Waals surface area (Å²) in [6, 6.07) is 5.65. The number of nitrogens with zero attached hydrogens (tertiary/aromatic N) is 2. The van der Waals surface area contributed by atoms with Crippen molar-refractivity contribution in [2.75, 3.05) is 13.2 Å². The van der Waals surface area contributed by atoms with Gasteiger partial charge in [0.05, 0.1) is 18.2 Å². The van der Waals surface area contributed by atoms with Gasteiger partial charge >= 0.3 is 0 Å². The molecule has 0 saturated carbocycles. The summed E-state index contributed by atoms with van der Waals surface area (Å²) in [6.45, 7) is 3.79. The highest BCUT2D eigenvalue weighted by Crippen LogP contribution is 2.32. The van der Waals surface area contributed by atoms with Crippen LogP contribution in [0.1, 0.15) is 44.5 Å². The van der Waals surface area contributed by atoms with Gasteiger partial charge in [0.2, 0.25) is 11.7 Å². The zero-order valence-corrected chi connectivity index (χ0v) is 13.4. The van der Waals surface area contributed by atoms with Crippen LogP contribution >= 0.6 is 11.6 Å². The van der Waals surface area contributed by atoms with Crippen LogP contribution in [0, 0.1) is 0 Å². The molecule has 0 radical (unpaired) electrons. The molecule has 1 aliphatic heterocycles. The topological polar surface area (TPSA) is 60.2 Å². The Morgan fingerprint density at radius 2 is 2.36 bits per heavy atom. The van der Waals surface area contributed by atoms with Gasteiger partial charge in [-0.25, -0.2) is 0 Å². The maximum atomic E-state index is 6.11. The van der Waals surface area contributed by atoms with Gasteiger partial charge in [0.15, 0.2) is 0 Å². The van der Waals surface area contributed by atoms with Crippen LogP contribution in [-0.2, 0) is 0 Å². The molecule has 0 bridgehead atoms. The fourth-order valence-corrected chi connectivity index (χ4v) is 2.68. The first-order chi connectivity index (χ1) is 10.8. The summed E-state index contributed by atoms with van der Waals surface area (Å²) in [5, 5.41) is 8.08. The molecule has 1 aliphatic rings. The lowest BCUT2D eigenvalue weighted by Gasteiger charge is -2.09. The Labute approximate surface area is 135 Å². The van der Waals surface area contributed by atoms with Gasteiger partial charge in [0.1, 0.15) is 5.75 Å². The quantitative estimate of drug-likeness (QED) is 0.815. The molecule has 1 fully saturated rings. The molecule has 1 aromatic heterocycles. The minimum Gasteiger partial charge on any atom is -0.493 e. The number of hydrogen-bond donors (Lipinski definition) is 1. The molecule has 0 aliphatic carbocycles. The summed E-state index contributed by atoms with van der Waals surface area (Å²) in [7, 11) is 0. The number of benzene rings is 1. The molecule has 1 N–H and O–H groups in total. The average Bonchev–Trinajstić information content (AvgIpc) is 3.20.